The maximum Gasteiger partial charge on any atom is 0.335 e. The summed E-state index contributed by atoms with van der Waals surface area (Å²) in [4.78, 5) is 52.0. The van der Waals surface area contributed by atoms with Gasteiger partial charge in [0.05, 0.1) is 38.4 Å². The fraction of sp³-hybridized carbons (Fsp3) is 0.289. The number of likely N-dealkylation sites (N-methyl/N-ethyl adjacent to an activating group) is 1. The van der Waals surface area contributed by atoms with E-state index >= 15 is 0 Å². The number of carbonyl (C=O) groups is 3. The van der Waals surface area contributed by atoms with Crippen molar-refractivity contribution in [3.63, 3.8) is 0 Å². The standard InChI is InChI=1S/C38H38Cl2N8O4/c1-45-17-15-30-28(20-45)41-34(46(30)2)36(49)43-26-8-4-6-24(32(26)39)25-7-5-9-27(33(25)40)44-37(50)35-42-29-21-48(19-16-31(29)47(35)3)18-14-22-10-12-23(13-11-22)38(51)52/h4-13H,14-21H2,1-3H3,(H,43,49)(H,44,50)(H,51,52). The van der Waals surface area contributed by atoms with Crippen LogP contribution in [0, 0.1) is 0 Å². The first-order chi connectivity index (χ1) is 25.0. The van der Waals surface area contributed by atoms with E-state index < -0.39 is 11.9 Å². The van der Waals surface area contributed by atoms with Gasteiger partial charge in [-0.1, -0.05) is 59.6 Å². The van der Waals surface area contributed by atoms with Gasteiger partial charge in [0.2, 0.25) is 0 Å². The molecule has 268 valence electrons. The smallest absolute Gasteiger partial charge is 0.335 e. The highest BCUT2D eigenvalue weighted by Gasteiger charge is 2.27. The highest BCUT2D eigenvalue weighted by molar-refractivity contribution is 6.40. The largest absolute Gasteiger partial charge is 0.478 e. The van der Waals surface area contributed by atoms with Crippen LogP contribution in [0.15, 0.2) is 60.7 Å². The van der Waals surface area contributed by atoms with Crippen LogP contribution in [0.5, 0.6) is 0 Å². The van der Waals surface area contributed by atoms with E-state index in [1.807, 2.05) is 54.5 Å². The summed E-state index contributed by atoms with van der Waals surface area (Å²) in [5.74, 6) is -1.10. The Hall–Kier alpha value is -5.01. The second-order valence-corrected chi connectivity index (χ2v) is 14.0. The maximum absolute atomic E-state index is 13.6. The second kappa shape index (κ2) is 14.5. The Balaban J connectivity index is 1.04. The van der Waals surface area contributed by atoms with E-state index in [0.29, 0.717) is 51.5 Å². The number of benzene rings is 3. The van der Waals surface area contributed by atoms with Gasteiger partial charge in [0.1, 0.15) is 0 Å². The van der Waals surface area contributed by atoms with Gasteiger partial charge in [0, 0.05) is 82.2 Å². The van der Waals surface area contributed by atoms with Gasteiger partial charge < -0.3 is 29.8 Å². The average molecular weight is 742 g/mol. The van der Waals surface area contributed by atoms with Crippen LogP contribution in [-0.2, 0) is 46.4 Å². The van der Waals surface area contributed by atoms with Gasteiger partial charge in [-0.15, -0.1) is 0 Å². The summed E-state index contributed by atoms with van der Waals surface area (Å²) in [6.07, 6.45) is 2.33. The van der Waals surface area contributed by atoms with Gasteiger partial charge in [-0.25, -0.2) is 14.8 Å². The highest BCUT2D eigenvalue weighted by Crippen LogP contribution is 2.40. The van der Waals surface area contributed by atoms with Crippen molar-refractivity contribution in [2.45, 2.75) is 32.4 Å². The number of aromatic carboxylic acids is 1. The number of amides is 2. The van der Waals surface area contributed by atoms with Crippen LogP contribution >= 0.6 is 23.2 Å². The molecule has 4 heterocycles. The van der Waals surface area contributed by atoms with Crippen LogP contribution in [0.4, 0.5) is 11.4 Å². The lowest BCUT2D eigenvalue weighted by atomic mass is 10.0. The lowest BCUT2D eigenvalue weighted by Gasteiger charge is -2.26. The number of carbonyl (C=O) groups excluding carboxylic acids is 2. The Morgan fingerprint density at radius 1 is 0.731 bits per heavy atom. The molecule has 0 bridgehead atoms. The molecule has 0 unspecified atom stereocenters. The Labute approximate surface area is 311 Å². The molecule has 0 atom stereocenters. The van der Waals surface area contributed by atoms with Gasteiger partial charge in [0.25, 0.3) is 11.8 Å². The van der Waals surface area contributed by atoms with Crippen molar-refractivity contribution in [3.05, 3.63) is 116 Å². The lowest BCUT2D eigenvalue weighted by molar-refractivity contribution is 0.0696. The molecule has 2 aliphatic rings. The average Bonchev–Trinajstić information content (AvgIpc) is 3.64. The monoisotopic (exact) mass is 740 g/mol. The lowest BCUT2D eigenvalue weighted by Crippen LogP contribution is -2.32. The number of hydrogen-bond donors (Lipinski definition) is 3. The number of halogens is 2. The summed E-state index contributed by atoms with van der Waals surface area (Å²) >= 11 is 13.8. The predicted molar refractivity (Wildman–Crippen MR) is 200 cm³/mol. The normalized spacial score (nSPS) is 14.5. The molecule has 2 aliphatic heterocycles. The van der Waals surface area contributed by atoms with Crippen molar-refractivity contribution in [2.75, 3.05) is 37.3 Å². The number of aromatic nitrogens is 4. The van der Waals surface area contributed by atoms with Gasteiger partial charge in [-0.3, -0.25) is 14.5 Å². The molecule has 0 fully saturated rings. The Morgan fingerprint density at radius 2 is 1.25 bits per heavy atom. The third-order valence-electron chi connectivity index (χ3n) is 9.89. The molecule has 3 aromatic carbocycles. The molecule has 5 aromatic rings. The van der Waals surface area contributed by atoms with Crippen LogP contribution in [0.2, 0.25) is 10.0 Å². The SMILES string of the molecule is CN1CCc2c(nc(C(=O)Nc3cccc(-c4cccc(NC(=O)c5nc6c(n5C)CCN(CCc5ccc(C(=O)O)cc5)C6)c4Cl)c3Cl)n2C)C1. The molecule has 2 amide bonds. The molecule has 0 aliphatic carbocycles. The molecule has 0 radical (unpaired) electrons. The number of nitrogens with zero attached hydrogens (tertiary/aromatic N) is 6. The van der Waals surface area contributed by atoms with Gasteiger partial charge in [0.15, 0.2) is 11.6 Å². The minimum Gasteiger partial charge on any atom is -0.478 e. The fourth-order valence-corrected chi connectivity index (χ4v) is 7.52. The van der Waals surface area contributed by atoms with E-state index in [9.17, 15) is 14.4 Å². The number of imidazole rings is 2. The molecule has 2 aromatic heterocycles. The number of carboxylic acids is 1. The van der Waals surface area contributed by atoms with E-state index in [2.05, 4.69) is 25.4 Å². The molecule has 0 saturated heterocycles. The predicted octanol–water partition coefficient (Wildman–Crippen LogP) is 5.92. The molecule has 0 spiro atoms. The third-order valence-corrected chi connectivity index (χ3v) is 10.7. The van der Waals surface area contributed by atoms with Crippen LogP contribution in [0.25, 0.3) is 11.1 Å². The summed E-state index contributed by atoms with van der Waals surface area (Å²) in [5, 5.41) is 15.6. The zero-order valence-corrected chi connectivity index (χ0v) is 30.6. The first-order valence-corrected chi connectivity index (χ1v) is 17.8. The molecule has 52 heavy (non-hydrogen) atoms. The van der Waals surface area contributed by atoms with Crippen LogP contribution in [0.3, 0.4) is 0 Å². The van der Waals surface area contributed by atoms with Crippen molar-refractivity contribution in [3.8, 4) is 11.1 Å². The van der Waals surface area contributed by atoms with E-state index in [4.69, 9.17) is 33.3 Å². The quantitative estimate of drug-likeness (QED) is 0.170. The number of nitrogens with one attached hydrogen (secondary N) is 2. The molecule has 14 heteroatoms. The molecular formula is C38H38Cl2N8O4. The van der Waals surface area contributed by atoms with Crippen molar-refractivity contribution in [1.82, 2.24) is 28.9 Å². The Morgan fingerprint density at radius 3 is 1.79 bits per heavy atom. The first kappa shape index (κ1) is 35.4. The summed E-state index contributed by atoms with van der Waals surface area (Å²) in [6.45, 7) is 3.79. The van der Waals surface area contributed by atoms with Crippen molar-refractivity contribution in [1.29, 1.82) is 0 Å². The van der Waals surface area contributed by atoms with Crippen molar-refractivity contribution in [2.24, 2.45) is 14.1 Å². The van der Waals surface area contributed by atoms with Crippen molar-refractivity contribution < 1.29 is 19.5 Å². The van der Waals surface area contributed by atoms with Crippen LogP contribution in [-0.4, -0.2) is 78.5 Å². The van der Waals surface area contributed by atoms with E-state index in [0.717, 1.165) is 67.2 Å². The third kappa shape index (κ3) is 6.94. The Bertz CT molecular complexity index is 2210. The summed E-state index contributed by atoms with van der Waals surface area (Å²) in [5.41, 5.74) is 7.13. The topological polar surface area (TPSA) is 138 Å². The highest BCUT2D eigenvalue weighted by atomic mass is 35.5. The van der Waals surface area contributed by atoms with Gasteiger partial charge in [-0.2, -0.15) is 0 Å². The second-order valence-electron chi connectivity index (χ2n) is 13.3. The van der Waals surface area contributed by atoms with Crippen LogP contribution in [0.1, 0.15) is 59.9 Å². The molecular weight excluding hydrogens is 703 g/mol. The number of rotatable bonds is 9. The molecule has 12 nitrogen and oxygen atoms in total. The zero-order valence-electron chi connectivity index (χ0n) is 29.0. The van der Waals surface area contributed by atoms with Gasteiger partial charge >= 0.3 is 5.97 Å². The Kier molecular flexibility index (Phi) is 9.90. The number of carboxylic acid groups (broad SMARTS) is 1. The fourth-order valence-electron chi connectivity index (χ4n) is 6.97. The number of anilines is 2. The van der Waals surface area contributed by atoms with Crippen molar-refractivity contribution >= 4 is 52.4 Å². The maximum atomic E-state index is 13.6. The minimum atomic E-state index is -0.940. The van der Waals surface area contributed by atoms with E-state index in [1.54, 1.807) is 36.4 Å². The molecule has 3 N–H and O–H groups in total. The zero-order chi connectivity index (χ0) is 36.7. The summed E-state index contributed by atoms with van der Waals surface area (Å²) in [6, 6.07) is 17.6. The minimum absolute atomic E-state index is 0.269. The number of fused-ring (bicyclic) bond motifs is 2. The summed E-state index contributed by atoms with van der Waals surface area (Å²) in [7, 11) is 5.73. The van der Waals surface area contributed by atoms with E-state index in [1.165, 1.54) is 0 Å². The van der Waals surface area contributed by atoms with E-state index in [-0.39, 0.29) is 17.3 Å². The first-order valence-electron chi connectivity index (χ1n) is 17.0. The van der Waals surface area contributed by atoms with Gasteiger partial charge in [-0.05, 0) is 43.3 Å². The number of hydrogen-bond acceptors (Lipinski definition) is 7. The molecule has 7 rings (SSSR count). The summed E-state index contributed by atoms with van der Waals surface area (Å²) < 4.78 is 3.68. The molecule has 0 saturated carbocycles. The van der Waals surface area contributed by atoms with Crippen LogP contribution < -0.4 is 10.6 Å².